The summed E-state index contributed by atoms with van der Waals surface area (Å²) < 4.78 is 0. The summed E-state index contributed by atoms with van der Waals surface area (Å²) in [6, 6.07) is 8.57. The smallest absolute Gasteiger partial charge is 0.321 e. The predicted molar refractivity (Wildman–Crippen MR) is 69.3 cm³/mol. The summed E-state index contributed by atoms with van der Waals surface area (Å²) in [6.45, 7) is 0.413. The Morgan fingerprint density at radius 1 is 1.17 bits per heavy atom. The highest BCUT2D eigenvalue weighted by Crippen LogP contribution is 2.09. The fourth-order valence-electron chi connectivity index (χ4n) is 1.29. The fraction of sp³-hybridized carbons (Fsp3) is 0.0833. The molecule has 0 aliphatic heterocycles. The number of aromatic nitrogens is 2. The minimum Gasteiger partial charge on any atom is -0.334 e. The number of hydrogen-bond acceptors (Lipinski definition) is 3. The molecule has 2 N–H and O–H groups in total. The molecule has 0 radical (unpaired) electrons. The molecule has 1 heterocycles. The minimum atomic E-state index is -0.351. The molecule has 0 saturated carbocycles. The maximum absolute atomic E-state index is 11.5. The lowest BCUT2D eigenvalue weighted by Crippen LogP contribution is -2.28. The SMILES string of the molecule is O=C(NCc1ccc(Cl)cc1)Nc1ncccn1. The quantitative estimate of drug-likeness (QED) is 0.893. The summed E-state index contributed by atoms with van der Waals surface area (Å²) in [5.41, 5.74) is 0.962. The van der Waals surface area contributed by atoms with E-state index in [0.29, 0.717) is 11.6 Å². The molecular weight excluding hydrogens is 252 g/mol. The monoisotopic (exact) mass is 262 g/mol. The Hall–Kier alpha value is -2.14. The van der Waals surface area contributed by atoms with Gasteiger partial charge in [0.15, 0.2) is 0 Å². The van der Waals surface area contributed by atoms with Gasteiger partial charge in [-0.25, -0.2) is 14.8 Å². The Kier molecular flexibility index (Phi) is 4.09. The first-order valence-corrected chi connectivity index (χ1v) is 5.68. The highest BCUT2D eigenvalue weighted by Gasteiger charge is 2.02. The van der Waals surface area contributed by atoms with Gasteiger partial charge in [0, 0.05) is 24.0 Å². The number of anilines is 1. The lowest BCUT2D eigenvalue weighted by Gasteiger charge is -2.06. The Morgan fingerprint density at radius 3 is 2.50 bits per heavy atom. The summed E-state index contributed by atoms with van der Waals surface area (Å²) in [5, 5.41) is 5.89. The van der Waals surface area contributed by atoms with Crippen molar-refractivity contribution in [3.05, 3.63) is 53.3 Å². The van der Waals surface area contributed by atoms with Crippen LogP contribution in [0.5, 0.6) is 0 Å². The zero-order valence-corrected chi connectivity index (χ0v) is 10.2. The molecular formula is C12H11ClN4O. The van der Waals surface area contributed by atoms with Crippen molar-refractivity contribution in [2.75, 3.05) is 5.32 Å². The van der Waals surface area contributed by atoms with E-state index in [1.807, 2.05) is 12.1 Å². The van der Waals surface area contributed by atoms with Gasteiger partial charge in [-0.2, -0.15) is 0 Å². The molecule has 0 saturated heterocycles. The molecule has 1 aromatic heterocycles. The molecule has 0 bridgehead atoms. The number of benzene rings is 1. The number of urea groups is 1. The average Bonchev–Trinajstić information content (AvgIpc) is 2.39. The van der Waals surface area contributed by atoms with Gasteiger partial charge in [0.25, 0.3) is 0 Å². The van der Waals surface area contributed by atoms with E-state index in [4.69, 9.17) is 11.6 Å². The molecule has 92 valence electrons. The van der Waals surface area contributed by atoms with E-state index >= 15 is 0 Å². The van der Waals surface area contributed by atoms with Crippen molar-refractivity contribution in [1.29, 1.82) is 0 Å². The Labute approximate surface area is 109 Å². The summed E-state index contributed by atoms with van der Waals surface area (Å²) in [6.07, 6.45) is 3.11. The summed E-state index contributed by atoms with van der Waals surface area (Å²) in [4.78, 5) is 19.3. The second-order valence-corrected chi connectivity index (χ2v) is 3.94. The van der Waals surface area contributed by atoms with Crippen LogP contribution in [0.3, 0.4) is 0 Å². The van der Waals surface area contributed by atoms with Crippen LogP contribution in [0.2, 0.25) is 5.02 Å². The summed E-state index contributed by atoms with van der Waals surface area (Å²) in [7, 11) is 0. The third-order valence-electron chi connectivity index (χ3n) is 2.16. The van der Waals surface area contributed by atoms with Crippen molar-refractivity contribution in [3.8, 4) is 0 Å². The van der Waals surface area contributed by atoms with Crippen molar-refractivity contribution in [1.82, 2.24) is 15.3 Å². The van der Waals surface area contributed by atoms with Crippen molar-refractivity contribution < 1.29 is 4.79 Å². The van der Waals surface area contributed by atoms with E-state index in [0.717, 1.165) is 5.56 Å². The number of hydrogen-bond donors (Lipinski definition) is 2. The van der Waals surface area contributed by atoms with Crippen LogP contribution in [0, 0.1) is 0 Å². The first-order valence-electron chi connectivity index (χ1n) is 5.30. The van der Waals surface area contributed by atoms with E-state index in [2.05, 4.69) is 20.6 Å². The van der Waals surface area contributed by atoms with Crippen molar-refractivity contribution >= 4 is 23.6 Å². The van der Waals surface area contributed by atoms with Crippen molar-refractivity contribution in [2.45, 2.75) is 6.54 Å². The second-order valence-electron chi connectivity index (χ2n) is 3.51. The van der Waals surface area contributed by atoms with Crippen LogP contribution in [0.4, 0.5) is 10.7 Å². The van der Waals surface area contributed by atoms with Crippen LogP contribution in [0.15, 0.2) is 42.7 Å². The van der Waals surface area contributed by atoms with Gasteiger partial charge in [-0.15, -0.1) is 0 Å². The first kappa shape index (κ1) is 12.3. The number of nitrogens with zero attached hydrogens (tertiary/aromatic N) is 2. The second kappa shape index (κ2) is 5.97. The van der Waals surface area contributed by atoms with Gasteiger partial charge < -0.3 is 5.32 Å². The molecule has 0 fully saturated rings. The fourth-order valence-corrected chi connectivity index (χ4v) is 1.42. The average molecular weight is 263 g/mol. The highest BCUT2D eigenvalue weighted by atomic mass is 35.5. The molecule has 0 atom stereocenters. The van der Waals surface area contributed by atoms with Gasteiger partial charge in [-0.1, -0.05) is 23.7 Å². The predicted octanol–water partition coefficient (Wildman–Crippen LogP) is 2.45. The number of nitrogens with one attached hydrogen (secondary N) is 2. The van der Waals surface area contributed by atoms with Crippen LogP contribution in [-0.2, 0) is 6.54 Å². The topological polar surface area (TPSA) is 66.9 Å². The molecule has 6 heteroatoms. The molecule has 18 heavy (non-hydrogen) atoms. The van der Waals surface area contributed by atoms with E-state index in [-0.39, 0.29) is 12.0 Å². The minimum absolute atomic E-state index is 0.270. The van der Waals surface area contributed by atoms with Crippen LogP contribution < -0.4 is 10.6 Å². The molecule has 5 nitrogen and oxygen atoms in total. The third-order valence-corrected chi connectivity index (χ3v) is 2.41. The Bertz CT molecular complexity index is 515. The van der Waals surface area contributed by atoms with Gasteiger partial charge in [-0.3, -0.25) is 5.32 Å². The van der Waals surface area contributed by atoms with Crippen molar-refractivity contribution in [3.63, 3.8) is 0 Å². The van der Waals surface area contributed by atoms with Gasteiger partial charge in [0.05, 0.1) is 0 Å². The molecule has 0 spiro atoms. The Morgan fingerprint density at radius 2 is 1.83 bits per heavy atom. The van der Waals surface area contributed by atoms with E-state index in [1.165, 1.54) is 0 Å². The zero-order valence-electron chi connectivity index (χ0n) is 9.43. The maximum Gasteiger partial charge on any atom is 0.321 e. The molecule has 2 amide bonds. The van der Waals surface area contributed by atoms with Crippen molar-refractivity contribution in [2.24, 2.45) is 0 Å². The molecule has 2 aromatic rings. The lowest BCUT2D eigenvalue weighted by molar-refractivity contribution is 0.251. The van der Waals surface area contributed by atoms with Gasteiger partial charge in [-0.05, 0) is 23.8 Å². The molecule has 0 aliphatic rings. The van der Waals surface area contributed by atoms with Gasteiger partial charge >= 0.3 is 6.03 Å². The normalized spacial score (nSPS) is 9.83. The highest BCUT2D eigenvalue weighted by molar-refractivity contribution is 6.30. The van der Waals surface area contributed by atoms with Gasteiger partial charge in [0.2, 0.25) is 5.95 Å². The van der Waals surface area contributed by atoms with Crippen LogP contribution in [-0.4, -0.2) is 16.0 Å². The number of amides is 2. The number of carbonyl (C=O) groups excluding carboxylic acids is 1. The molecule has 0 aliphatic carbocycles. The van der Waals surface area contributed by atoms with E-state index < -0.39 is 0 Å². The number of rotatable bonds is 3. The van der Waals surface area contributed by atoms with Crippen LogP contribution >= 0.6 is 11.6 Å². The van der Waals surface area contributed by atoms with E-state index in [9.17, 15) is 4.79 Å². The standard InChI is InChI=1S/C12H11ClN4O/c13-10-4-2-9(3-5-10)8-16-12(18)17-11-14-6-1-7-15-11/h1-7H,8H2,(H2,14,15,16,17,18). The largest absolute Gasteiger partial charge is 0.334 e. The number of halogens is 1. The van der Waals surface area contributed by atoms with Crippen LogP contribution in [0.25, 0.3) is 0 Å². The maximum atomic E-state index is 11.5. The van der Waals surface area contributed by atoms with Crippen LogP contribution in [0.1, 0.15) is 5.56 Å². The molecule has 2 rings (SSSR count). The lowest BCUT2D eigenvalue weighted by atomic mass is 10.2. The zero-order chi connectivity index (χ0) is 12.8. The molecule has 0 unspecified atom stereocenters. The Balaban J connectivity index is 1.83. The van der Waals surface area contributed by atoms with Gasteiger partial charge in [0.1, 0.15) is 0 Å². The summed E-state index contributed by atoms with van der Waals surface area (Å²) in [5.74, 6) is 0.270. The van der Waals surface area contributed by atoms with E-state index in [1.54, 1.807) is 30.6 Å². The first-order chi connectivity index (χ1) is 8.74. The molecule has 1 aromatic carbocycles. The summed E-state index contributed by atoms with van der Waals surface area (Å²) >= 11 is 5.77. The third kappa shape index (κ3) is 3.71. The number of carbonyl (C=O) groups is 1.